The lowest BCUT2D eigenvalue weighted by molar-refractivity contribution is 0.469. The average molecular weight is 214 g/mol. The van der Waals surface area contributed by atoms with Crippen molar-refractivity contribution in [3.8, 4) is 0 Å². The minimum atomic E-state index is -0.939. The molecule has 1 aromatic carbocycles. The molecule has 0 saturated carbocycles. The van der Waals surface area contributed by atoms with Crippen LogP contribution in [-0.2, 0) is 0 Å². The van der Waals surface area contributed by atoms with Crippen LogP contribution < -0.4 is 0 Å². The highest BCUT2D eigenvalue weighted by Gasteiger charge is 2.03. The van der Waals surface area contributed by atoms with Crippen molar-refractivity contribution in [1.82, 2.24) is 0 Å². The average Bonchev–Trinajstić information content (AvgIpc) is 2.21. The van der Waals surface area contributed by atoms with Gasteiger partial charge in [-0.15, -0.1) is 0 Å². The molecule has 0 aliphatic rings. The van der Waals surface area contributed by atoms with Crippen molar-refractivity contribution < 1.29 is 4.39 Å². The molecule has 2 unspecified atom stereocenters. The summed E-state index contributed by atoms with van der Waals surface area (Å²) in [7, 11) is 2.15. The summed E-state index contributed by atoms with van der Waals surface area (Å²) in [5.41, 5.74) is 1.98. The first-order valence-electron chi connectivity index (χ1n) is 5.10. The molecule has 14 heavy (non-hydrogen) atoms. The molecule has 2 atom stereocenters. The van der Waals surface area contributed by atoms with Gasteiger partial charge in [-0.3, -0.25) is 0 Å². The summed E-state index contributed by atoms with van der Waals surface area (Å²) < 4.78 is 12.7. The Balaban J connectivity index is 0.000000791. The van der Waals surface area contributed by atoms with Gasteiger partial charge in [0.15, 0.2) is 0 Å². The number of benzene rings is 1. The fourth-order valence-electron chi connectivity index (χ4n) is 1.06. The zero-order valence-corrected chi connectivity index (χ0v) is 10.6. The third-order valence-corrected chi connectivity index (χ3v) is 2.31. The zero-order valence-electron chi connectivity index (χ0n) is 9.42. The van der Waals surface area contributed by atoms with E-state index in [0.29, 0.717) is 5.92 Å². The number of hydrogen-bond donors (Lipinski definition) is 0. The number of rotatable bonds is 2. The first-order valence-corrected chi connectivity index (χ1v) is 5.77. The van der Waals surface area contributed by atoms with E-state index in [1.54, 1.807) is 0 Å². The largest absolute Gasteiger partial charge is 0.238 e. The number of hydrogen-bond acceptors (Lipinski definition) is 0. The molecule has 0 aromatic heterocycles. The van der Waals surface area contributed by atoms with Gasteiger partial charge in [0.05, 0.1) is 0 Å². The van der Waals surface area contributed by atoms with Crippen molar-refractivity contribution in [3.63, 3.8) is 0 Å². The zero-order chi connectivity index (χ0) is 11.1. The van der Waals surface area contributed by atoms with E-state index in [4.69, 9.17) is 0 Å². The smallest absolute Gasteiger partial charge is 0.138 e. The van der Waals surface area contributed by atoms with Gasteiger partial charge in [0.25, 0.3) is 0 Å². The van der Waals surface area contributed by atoms with E-state index in [-0.39, 0.29) is 0 Å². The molecule has 0 spiro atoms. The van der Waals surface area contributed by atoms with E-state index in [1.165, 1.54) is 5.56 Å². The Bertz CT molecular complexity index is 212. The molecule has 0 heterocycles. The minimum Gasteiger partial charge on any atom is -0.238 e. The van der Waals surface area contributed by atoms with Gasteiger partial charge >= 0.3 is 0 Å². The molecule has 0 nitrogen and oxygen atoms in total. The summed E-state index contributed by atoms with van der Waals surface area (Å²) in [5, 5.41) is 0. The van der Waals surface area contributed by atoms with Gasteiger partial charge in [0, 0.05) is 0 Å². The van der Waals surface area contributed by atoms with Crippen LogP contribution in [0.25, 0.3) is 0 Å². The van der Waals surface area contributed by atoms with Crippen LogP contribution in [-0.4, -0.2) is 0 Å². The van der Waals surface area contributed by atoms with E-state index in [2.05, 4.69) is 23.1 Å². The van der Waals surface area contributed by atoms with Crippen LogP contribution in [0.3, 0.4) is 0 Å². The molecule has 0 radical (unpaired) electrons. The van der Waals surface area contributed by atoms with Crippen LogP contribution in [0.4, 0.5) is 4.39 Å². The lowest BCUT2D eigenvalue weighted by Crippen LogP contribution is -1.88. The molecule has 0 bridgehead atoms. The molecule has 0 aliphatic carbocycles. The Morgan fingerprint density at radius 1 is 1.00 bits per heavy atom. The molecule has 0 N–H and O–H groups in total. The predicted molar refractivity (Wildman–Crippen MR) is 65.4 cm³/mol. The topological polar surface area (TPSA) is 0 Å². The van der Waals surface area contributed by atoms with Crippen molar-refractivity contribution >= 4 is 9.24 Å². The highest BCUT2D eigenvalue weighted by Crippen LogP contribution is 2.25. The van der Waals surface area contributed by atoms with E-state index >= 15 is 0 Å². The van der Waals surface area contributed by atoms with Gasteiger partial charge in [-0.05, 0) is 17.0 Å². The second-order valence-corrected chi connectivity index (χ2v) is 3.81. The first kappa shape index (κ1) is 13.6. The van der Waals surface area contributed by atoms with E-state index in [1.807, 2.05) is 38.1 Å². The SMILES string of the molecule is CC.CC(C)c1ccc(C(F)P)cc1. The van der Waals surface area contributed by atoms with Crippen molar-refractivity contribution in [2.75, 3.05) is 0 Å². The maximum absolute atomic E-state index is 12.7. The fourth-order valence-corrected chi connectivity index (χ4v) is 1.29. The molecular formula is C12H20FP. The van der Waals surface area contributed by atoms with Gasteiger partial charge in [-0.1, -0.05) is 61.2 Å². The van der Waals surface area contributed by atoms with Crippen LogP contribution in [0, 0.1) is 0 Å². The normalized spacial score (nSPS) is 11.9. The molecule has 0 saturated heterocycles. The summed E-state index contributed by atoms with van der Waals surface area (Å²) in [6.45, 7) is 8.26. The monoisotopic (exact) mass is 214 g/mol. The molecular weight excluding hydrogens is 194 g/mol. The maximum atomic E-state index is 12.7. The quantitative estimate of drug-likeness (QED) is 0.627. The van der Waals surface area contributed by atoms with E-state index < -0.39 is 5.91 Å². The highest BCUT2D eigenvalue weighted by atomic mass is 31.0. The Hall–Kier alpha value is -0.420. The Morgan fingerprint density at radius 3 is 1.64 bits per heavy atom. The molecule has 0 aliphatic heterocycles. The number of alkyl halides is 1. The van der Waals surface area contributed by atoms with Crippen molar-refractivity contribution in [2.45, 2.75) is 39.5 Å². The van der Waals surface area contributed by atoms with E-state index in [9.17, 15) is 4.39 Å². The molecule has 0 fully saturated rings. The van der Waals surface area contributed by atoms with Crippen molar-refractivity contribution in [3.05, 3.63) is 35.4 Å². The molecule has 80 valence electrons. The van der Waals surface area contributed by atoms with Crippen LogP contribution in [0.5, 0.6) is 0 Å². The van der Waals surface area contributed by atoms with Gasteiger partial charge in [0.1, 0.15) is 5.91 Å². The first-order chi connectivity index (χ1) is 6.61. The summed E-state index contributed by atoms with van der Waals surface area (Å²) in [4.78, 5) is 0. The van der Waals surface area contributed by atoms with Crippen LogP contribution in [0.1, 0.15) is 50.7 Å². The highest BCUT2D eigenvalue weighted by molar-refractivity contribution is 7.16. The van der Waals surface area contributed by atoms with Gasteiger partial charge in [-0.25, -0.2) is 4.39 Å². The Kier molecular flexibility index (Phi) is 6.74. The van der Waals surface area contributed by atoms with E-state index in [0.717, 1.165) is 5.56 Å². The third-order valence-electron chi connectivity index (χ3n) is 1.92. The molecule has 1 aromatic rings. The van der Waals surface area contributed by atoms with Crippen LogP contribution in [0.15, 0.2) is 24.3 Å². The summed E-state index contributed by atoms with van der Waals surface area (Å²) >= 11 is 0. The van der Waals surface area contributed by atoms with Crippen LogP contribution in [0.2, 0.25) is 0 Å². The second-order valence-electron chi connectivity index (χ2n) is 3.22. The van der Waals surface area contributed by atoms with Crippen molar-refractivity contribution in [1.29, 1.82) is 0 Å². The Labute approximate surface area is 89.1 Å². The molecule has 0 amide bonds. The van der Waals surface area contributed by atoms with Crippen molar-refractivity contribution in [2.24, 2.45) is 0 Å². The third kappa shape index (κ3) is 4.19. The van der Waals surface area contributed by atoms with Crippen LogP contribution >= 0.6 is 9.24 Å². The van der Waals surface area contributed by atoms with Gasteiger partial charge < -0.3 is 0 Å². The predicted octanol–water partition coefficient (Wildman–Crippen LogP) is 4.68. The second kappa shape index (κ2) is 6.95. The summed E-state index contributed by atoms with van der Waals surface area (Å²) in [6, 6.07) is 7.65. The van der Waals surface area contributed by atoms with Gasteiger partial charge in [-0.2, -0.15) is 0 Å². The fraction of sp³-hybridized carbons (Fsp3) is 0.500. The van der Waals surface area contributed by atoms with Gasteiger partial charge in [0.2, 0.25) is 0 Å². The molecule has 2 heteroatoms. The Morgan fingerprint density at radius 2 is 1.36 bits per heavy atom. The lowest BCUT2D eigenvalue weighted by Gasteiger charge is -2.06. The lowest BCUT2D eigenvalue weighted by atomic mass is 10.0. The maximum Gasteiger partial charge on any atom is 0.138 e. The standard InChI is InChI=1S/C10H14FP.C2H6/c1-7(2)8-3-5-9(6-4-8)10(11)12;1-2/h3-7,10H,12H2,1-2H3;1-2H3. The summed E-state index contributed by atoms with van der Waals surface area (Å²) in [5.74, 6) is -0.423. The minimum absolute atomic E-state index is 0.515. The molecule has 1 rings (SSSR count). The number of halogens is 1. The summed E-state index contributed by atoms with van der Waals surface area (Å²) in [6.07, 6.45) is 0.